The molecule has 3 aromatic rings. The summed E-state index contributed by atoms with van der Waals surface area (Å²) < 4.78 is 66.1. The van der Waals surface area contributed by atoms with E-state index in [0.717, 1.165) is 33.9 Å². The maximum atomic E-state index is 13.1. The Hall–Kier alpha value is -2.44. The Morgan fingerprint density at radius 1 is 1.00 bits per heavy atom. The highest BCUT2D eigenvalue weighted by Gasteiger charge is 2.31. The lowest BCUT2D eigenvalue weighted by Crippen LogP contribution is -2.45. The molecular formula is C26H27ClF3N3O3S2. The first-order valence-corrected chi connectivity index (χ1v) is 14.7. The molecule has 12 heteroatoms. The molecule has 4 rings (SSSR count). The van der Waals surface area contributed by atoms with Crippen LogP contribution in [0.5, 0.6) is 0 Å². The summed E-state index contributed by atoms with van der Waals surface area (Å²) in [6.45, 7) is 1.56. The molecule has 38 heavy (non-hydrogen) atoms. The molecule has 1 aromatic heterocycles. The van der Waals surface area contributed by atoms with Crippen LogP contribution in [-0.2, 0) is 29.2 Å². The second kappa shape index (κ2) is 12.2. The lowest BCUT2D eigenvalue weighted by Gasteiger charge is -2.31. The SMILES string of the molecule is O=C(NCc1ccc(S(=O)(=O)N2CCC(NCCc3ccc(C(F)(F)F)cc3)CC2)s1)c1ccc(Cl)cc1. The molecule has 1 saturated heterocycles. The van der Waals surface area contributed by atoms with Crippen LogP contribution in [0.25, 0.3) is 0 Å². The molecule has 1 amide bonds. The number of sulfonamides is 1. The van der Waals surface area contributed by atoms with Gasteiger partial charge in [-0.2, -0.15) is 17.5 Å². The Morgan fingerprint density at radius 3 is 2.29 bits per heavy atom. The molecule has 0 radical (unpaired) electrons. The summed E-state index contributed by atoms with van der Waals surface area (Å²) in [7, 11) is -3.63. The highest BCUT2D eigenvalue weighted by Crippen LogP contribution is 2.29. The lowest BCUT2D eigenvalue weighted by molar-refractivity contribution is -0.137. The van der Waals surface area contributed by atoms with Crippen molar-refractivity contribution in [3.05, 3.63) is 87.3 Å². The molecule has 1 aliphatic rings. The van der Waals surface area contributed by atoms with Crippen LogP contribution < -0.4 is 10.6 Å². The summed E-state index contributed by atoms with van der Waals surface area (Å²) in [4.78, 5) is 13.0. The molecule has 6 nitrogen and oxygen atoms in total. The van der Waals surface area contributed by atoms with Gasteiger partial charge in [-0.25, -0.2) is 8.42 Å². The maximum absolute atomic E-state index is 13.1. The van der Waals surface area contributed by atoms with Gasteiger partial charge in [0, 0.05) is 34.6 Å². The highest BCUT2D eigenvalue weighted by molar-refractivity contribution is 7.91. The second-order valence-electron chi connectivity index (χ2n) is 8.99. The Morgan fingerprint density at radius 2 is 1.66 bits per heavy atom. The fourth-order valence-corrected chi connectivity index (χ4v) is 7.22. The van der Waals surface area contributed by atoms with E-state index in [1.54, 1.807) is 36.4 Å². The van der Waals surface area contributed by atoms with E-state index < -0.39 is 21.8 Å². The lowest BCUT2D eigenvalue weighted by atomic mass is 10.1. The number of piperidine rings is 1. The zero-order valence-electron chi connectivity index (χ0n) is 20.3. The quantitative estimate of drug-likeness (QED) is 0.356. The number of hydrogen-bond donors (Lipinski definition) is 2. The largest absolute Gasteiger partial charge is 0.416 e. The van der Waals surface area contributed by atoms with Crippen LogP contribution in [-0.4, -0.2) is 44.3 Å². The van der Waals surface area contributed by atoms with E-state index in [-0.39, 0.29) is 22.7 Å². The molecule has 0 atom stereocenters. The third-order valence-corrected chi connectivity index (χ3v) is 10.0. The standard InChI is InChI=1S/C26H27ClF3N3O3S2/c27-21-7-3-19(4-8-21)25(34)32-17-23-9-10-24(37-23)38(35,36)33-15-12-22(13-16-33)31-14-11-18-1-5-20(6-2-18)26(28,29)30/h1-10,22,31H,11-17H2,(H,32,34). The molecule has 2 N–H and O–H groups in total. The van der Waals surface area contributed by atoms with Gasteiger partial charge < -0.3 is 10.6 Å². The van der Waals surface area contributed by atoms with Crippen LogP contribution in [0, 0.1) is 0 Å². The fourth-order valence-electron chi connectivity index (χ4n) is 4.17. The van der Waals surface area contributed by atoms with Gasteiger partial charge in [-0.1, -0.05) is 23.7 Å². The van der Waals surface area contributed by atoms with Gasteiger partial charge in [-0.15, -0.1) is 11.3 Å². The average Bonchev–Trinajstić information content (AvgIpc) is 3.38. The number of benzene rings is 2. The Bertz CT molecular complexity index is 1340. The molecule has 1 fully saturated rings. The van der Waals surface area contributed by atoms with Crippen molar-refractivity contribution in [3.63, 3.8) is 0 Å². The van der Waals surface area contributed by atoms with Crippen LogP contribution >= 0.6 is 22.9 Å². The number of thiophene rings is 1. The fraction of sp³-hybridized carbons (Fsp3) is 0.346. The van der Waals surface area contributed by atoms with Crippen molar-refractivity contribution in [1.82, 2.24) is 14.9 Å². The van der Waals surface area contributed by atoms with Crippen molar-refractivity contribution in [3.8, 4) is 0 Å². The topological polar surface area (TPSA) is 78.5 Å². The van der Waals surface area contributed by atoms with Crippen LogP contribution in [0.1, 0.15) is 39.2 Å². The minimum atomic E-state index is -4.34. The van der Waals surface area contributed by atoms with Gasteiger partial charge >= 0.3 is 6.18 Å². The highest BCUT2D eigenvalue weighted by atomic mass is 35.5. The molecular weight excluding hydrogens is 559 g/mol. The number of nitrogens with zero attached hydrogens (tertiary/aromatic N) is 1. The van der Waals surface area contributed by atoms with Crippen LogP contribution in [0.15, 0.2) is 64.9 Å². The number of nitrogens with one attached hydrogen (secondary N) is 2. The third-order valence-electron chi connectivity index (χ3n) is 6.34. The van der Waals surface area contributed by atoms with Crippen molar-refractivity contribution < 1.29 is 26.4 Å². The molecule has 2 heterocycles. The van der Waals surface area contributed by atoms with E-state index >= 15 is 0 Å². The van der Waals surface area contributed by atoms with E-state index in [1.807, 2.05) is 0 Å². The zero-order valence-corrected chi connectivity index (χ0v) is 22.7. The summed E-state index contributed by atoms with van der Waals surface area (Å²) in [5, 5.41) is 6.71. The van der Waals surface area contributed by atoms with Crippen molar-refractivity contribution in [2.75, 3.05) is 19.6 Å². The van der Waals surface area contributed by atoms with Gasteiger partial charge in [0.2, 0.25) is 0 Å². The average molecular weight is 586 g/mol. The van der Waals surface area contributed by atoms with Crippen molar-refractivity contribution in [2.45, 2.75) is 42.2 Å². The number of carbonyl (C=O) groups excluding carboxylic acids is 1. The first-order chi connectivity index (χ1) is 18.0. The summed E-state index contributed by atoms with van der Waals surface area (Å²) in [6, 6.07) is 15.0. The van der Waals surface area contributed by atoms with E-state index in [0.29, 0.717) is 49.5 Å². The van der Waals surface area contributed by atoms with Crippen molar-refractivity contribution >= 4 is 38.9 Å². The minimum Gasteiger partial charge on any atom is -0.347 e. The number of halogens is 4. The number of rotatable bonds is 9. The summed E-state index contributed by atoms with van der Waals surface area (Å²) in [6.07, 6.45) is -2.48. The van der Waals surface area contributed by atoms with Gasteiger partial charge in [-0.05, 0) is 79.9 Å². The summed E-state index contributed by atoms with van der Waals surface area (Å²) >= 11 is 6.98. The predicted molar refractivity (Wildman–Crippen MR) is 142 cm³/mol. The summed E-state index contributed by atoms with van der Waals surface area (Å²) in [5.74, 6) is -0.271. The smallest absolute Gasteiger partial charge is 0.347 e. The van der Waals surface area contributed by atoms with Gasteiger partial charge in [0.1, 0.15) is 4.21 Å². The molecule has 0 spiro atoms. The second-order valence-corrected chi connectivity index (χ2v) is 12.8. The molecule has 0 aliphatic carbocycles. The van der Waals surface area contributed by atoms with Crippen LogP contribution in [0.3, 0.4) is 0 Å². The molecule has 0 saturated carbocycles. The van der Waals surface area contributed by atoms with E-state index in [9.17, 15) is 26.4 Å². The predicted octanol–water partition coefficient (Wildman–Crippen LogP) is 5.34. The Labute approximate surface area is 228 Å². The molecule has 1 aliphatic heterocycles. The Kier molecular flexibility index (Phi) is 9.15. The van der Waals surface area contributed by atoms with E-state index in [1.165, 1.54) is 16.4 Å². The minimum absolute atomic E-state index is 0.137. The van der Waals surface area contributed by atoms with Crippen molar-refractivity contribution in [1.29, 1.82) is 0 Å². The van der Waals surface area contributed by atoms with E-state index in [4.69, 9.17) is 11.6 Å². The number of amides is 1. The normalized spacial score (nSPS) is 15.5. The molecule has 204 valence electrons. The van der Waals surface area contributed by atoms with Crippen LogP contribution in [0.2, 0.25) is 5.02 Å². The zero-order chi connectivity index (χ0) is 27.3. The number of hydrogen-bond acceptors (Lipinski definition) is 5. The monoisotopic (exact) mass is 585 g/mol. The van der Waals surface area contributed by atoms with Gasteiger partial charge in [0.15, 0.2) is 0 Å². The first kappa shape index (κ1) is 28.6. The van der Waals surface area contributed by atoms with Gasteiger partial charge in [0.05, 0.1) is 12.1 Å². The third kappa shape index (κ3) is 7.35. The molecule has 2 aromatic carbocycles. The first-order valence-electron chi connectivity index (χ1n) is 12.0. The van der Waals surface area contributed by atoms with Gasteiger partial charge in [-0.3, -0.25) is 4.79 Å². The molecule has 0 unspecified atom stereocenters. The number of alkyl halides is 3. The Balaban J connectivity index is 1.22. The van der Waals surface area contributed by atoms with Crippen LogP contribution in [0.4, 0.5) is 13.2 Å². The van der Waals surface area contributed by atoms with Crippen molar-refractivity contribution in [2.24, 2.45) is 0 Å². The van der Waals surface area contributed by atoms with E-state index in [2.05, 4.69) is 10.6 Å². The summed E-state index contributed by atoms with van der Waals surface area (Å²) in [5.41, 5.74) is 0.612. The maximum Gasteiger partial charge on any atom is 0.416 e. The molecule has 0 bridgehead atoms. The number of carbonyl (C=O) groups is 1. The van der Waals surface area contributed by atoms with Gasteiger partial charge in [0.25, 0.3) is 15.9 Å².